The van der Waals surface area contributed by atoms with E-state index in [0.717, 1.165) is 23.4 Å². The van der Waals surface area contributed by atoms with E-state index in [-0.39, 0.29) is 6.10 Å². The normalized spacial score (nSPS) is 12.3. The van der Waals surface area contributed by atoms with Gasteiger partial charge in [0.2, 0.25) is 0 Å². The van der Waals surface area contributed by atoms with Gasteiger partial charge in [-0.15, -0.1) is 0 Å². The van der Waals surface area contributed by atoms with E-state index in [1.165, 1.54) is 0 Å². The largest absolute Gasteiger partial charge is 0.463 e. The Bertz CT molecular complexity index is 487. The van der Waals surface area contributed by atoms with Crippen molar-refractivity contribution < 1.29 is 13.9 Å². The summed E-state index contributed by atoms with van der Waals surface area (Å²) < 4.78 is 11.2. The number of carbonyl (C=O) groups excluding carboxylic acids is 1. The molecule has 0 amide bonds. The molecule has 1 unspecified atom stereocenters. The van der Waals surface area contributed by atoms with E-state index in [0.29, 0.717) is 12.8 Å². The minimum Gasteiger partial charge on any atom is -0.463 e. The lowest BCUT2D eigenvalue weighted by Crippen LogP contribution is -2.01. The van der Waals surface area contributed by atoms with Crippen molar-refractivity contribution in [2.75, 3.05) is 7.11 Å². The third-order valence-corrected chi connectivity index (χ3v) is 2.79. The number of hydrogen-bond donors (Lipinski definition) is 0. The summed E-state index contributed by atoms with van der Waals surface area (Å²) in [5, 5.41) is 0. The van der Waals surface area contributed by atoms with Crippen LogP contribution in [0.1, 0.15) is 29.6 Å². The van der Waals surface area contributed by atoms with Gasteiger partial charge in [0.25, 0.3) is 0 Å². The molecule has 3 nitrogen and oxygen atoms in total. The molecule has 0 fully saturated rings. The van der Waals surface area contributed by atoms with E-state index in [2.05, 4.69) is 0 Å². The lowest BCUT2D eigenvalue weighted by molar-refractivity contribution is -0.107. The number of ether oxygens (including phenoxy) is 1. The molecule has 1 aromatic carbocycles. The zero-order valence-corrected chi connectivity index (χ0v) is 10.3. The van der Waals surface area contributed by atoms with Gasteiger partial charge in [-0.25, -0.2) is 0 Å². The average Bonchev–Trinajstić information content (AvgIpc) is 2.87. The molecule has 1 heterocycles. The van der Waals surface area contributed by atoms with Crippen molar-refractivity contribution in [2.24, 2.45) is 0 Å². The average molecular weight is 244 g/mol. The molecule has 18 heavy (non-hydrogen) atoms. The maximum absolute atomic E-state index is 10.3. The van der Waals surface area contributed by atoms with E-state index in [9.17, 15) is 4.79 Å². The van der Waals surface area contributed by atoms with Crippen molar-refractivity contribution in [3.8, 4) is 0 Å². The molecule has 0 aliphatic carbocycles. The summed E-state index contributed by atoms with van der Waals surface area (Å²) in [5.74, 6) is 1.58. The Labute approximate surface area is 106 Å². The maximum Gasteiger partial charge on any atom is 0.140 e. The number of benzene rings is 1. The van der Waals surface area contributed by atoms with Crippen molar-refractivity contribution in [1.82, 2.24) is 0 Å². The van der Waals surface area contributed by atoms with Gasteiger partial charge in [-0.05, 0) is 17.7 Å². The van der Waals surface area contributed by atoms with Crippen LogP contribution in [-0.2, 0) is 16.0 Å². The fourth-order valence-corrected chi connectivity index (χ4v) is 1.92. The van der Waals surface area contributed by atoms with Crippen LogP contribution < -0.4 is 0 Å². The minimum absolute atomic E-state index is 0.198. The Kier molecular flexibility index (Phi) is 4.31. The molecule has 0 saturated heterocycles. The van der Waals surface area contributed by atoms with Crippen LogP contribution in [-0.4, -0.2) is 13.4 Å². The SMILES string of the molecule is COC(c1ccccc1)c1ccc(CCC=O)o1. The highest BCUT2D eigenvalue weighted by Crippen LogP contribution is 2.27. The van der Waals surface area contributed by atoms with E-state index in [1.807, 2.05) is 42.5 Å². The molecule has 94 valence electrons. The summed E-state index contributed by atoms with van der Waals surface area (Å²) in [6.45, 7) is 0. The highest BCUT2D eigenvalue weighted by atomic mass is 16.5. The zero-order chi connectivity index (χ0) is 12.8. The number of methoxy groups -OCH3 is 1. The number of aryl methyl sites for hydroxylation is 1. The first-order chi connectivity index (χ1) is 8.85. The Hall–Kier alpha value is -1.87. The molecule has 0 aliphatic heterocycles. The maximum atomic E-state index is 10.3. The summed E-state index contributed by atoms with van der Waals surface area (Å²) in [7, 11) is 1.66. The fraction of sp³-hybridized carbons (Fsp3) is 0.267. The Balaban J connectivity index is 2.18. The van der Waals surface area contributed by atoms with Crippen LogP contribution in [0.2, 0.25) is 0 Å². The lowest BCUT2D eigenvalue weighted by atomic mass is 10.1. The number of furan rings is 1. The van der Waals surface area contributed by atoms with Crippen molar-refractivity contribution in [3.63, 3.8) is 0 Å². The number of hydrogen-bond acceptors (Lipinski definition) is 3. The van der Waals surface area contributed by atoms with Gasteiger partial charge in [-0.2, -0.15) is 0 Å². The smallest absolute Gasteiger partial charge is 0.140 e. The Morgan fingerprint density at radius 1 is 1.22 bits per heavy atom. The van der Waals surface area contributed by atoms with Gasteiger partial charge in [0.1, 0.15) is 23.9 Å². The standard InChI is InChI=1S/C15H16O3/c1-17-15(12-6-3-2-4-7-12)14-10-9-13(18-14)8-5-11-16/h2-4,6-7,9-11,15H,5,8H2,1H3. The predicted molar refractivity (Wildman–Crippen MR) is 68.4 cm³/mol. The van der Waals surface area contributed by atoms with Gasteiger partial charge in [0.05, 0.1) is 0 Å². The van der Waals surface area contributed by atoms with Gasteiger partial charge < -0.3 is 13.9 Å². The molecule has 3 heteroatoms. The van der Waals surface area contributed by atoms with Crippen LogP contribution in [0.4, 0.5) is 0 Å². The number of rotatable bonds is 6. The van der Waals surface area contributed by atoms with Crippen LogP contribution in [0.5, 0.6) is 0 Å². The van der Waals surface area contributed by atoms with Gasteiger partial charge in [0.15, 0.2) is 0 Å². The van der Waals surface area contributed by atoms with Crippen LogP contribution in [0.3, 0.4) is 0 Å². The quantitative estimate of drug-likeness (QED) is 0.733. The first-order valence-electron chi connectivity index (χ1n) is 5.95. The monoisotopic (exact) mass is 244 g/mol. The topological polar surface area (TPSA) is 39.4 Å². The lowest BCUT2D eigenvalue weighted by Gasteiger charge is -2.12. The van der Waals surface area contributed by atoms with Crippen LogP contribution >= 0.6 is 0 Å². The Morgan fingerprint density at radius 2 is 2.00 bits per heavy atom. The molecular weight excluding hydrogens is 228 g/mol. The minimum atomic E-state index is -0.198. The van der Waals surface area contributed by atoms with Crippen LogP contribution in [0.15, 0.2) is 46.9 Å². The third-order valence-electron chi connectivity index (χ3n) is 2.79. The molecular formula is C15H16O3. The molecule has 0 N–H and O–H groups in total. The van der Waals surface area contributed by atoms with Crippen LogP contribution in [0, 0.1) is 0 Å². The van der Waals surface area contributed by atoms with Crippen molar-refractivity contribution in [3.05, 3.63) is 59.5 Å². The second-order valence-electron chi connectivity index (χ2n) is 4.04. The molecule has 1 aromatic heterocycles. The van der Waals surface area contributed by atoms with Crippen molar-refractivity contribution >= 4 is 6.29 Å². The fourth-order valence-electron chi connectivity index (χ4n) is 1.92. The number of aldehydes is 1. The van der Waals surface area contributed by atoms with Gasteiger partial charge in [0, 0.05) is 20.0 Å². The molecule has 0 bridgehead atoms. The summed E-state index contributed by atoms with van der Waals surface area (Å²) >= 11 is 0. The summed E-state index contributed by atoms with van der Waals surface area (Å²) in [5.41, 5.74) is 1.05. The van der Waals surface area contributed by atoms with Crippen molar-refractivity contribution in [2.45, 2.75) is 18.9 Å². The first kappa shape index (κ1) is 12.6. The highest BCUT2D eigenvalue weighted by molar-refractivity contribution is 5.49. The molecule has 0 spiro atoms. The van der Waals surface area contributed by atoms with Gasteiger partial charge in [-0.1, -0.05) is 30.3 Å². The third kappa shape index (κ3) is 2.87. The number of carbonyl (C=O) groups is 1. The molecule has 2 aromatic rings. The van der Waals surface area contributed by atoms with Gasteiger partial charge >= 0.3 is 0 Å². The molecule has 0 aliphatic rings. The van der Waals surface area contributed by atoms with Crippen molar-refractivity contribution in [1.29, 1.82) is 0 Å². The van der Waals surface area contributed by atoms with E-state index < -0.39 is 0 Å². The summed E-state index contributed by atoms with van der Waals surface area (Å²) in [6.07, 6.45) is 1.81. The van der Waals surface area contributed by atoms with Crippen LogP contribution in [0.25, 0.3) is 0 Å². The second kappa shape index (κ2) is 6.17. The molecule has 0 radical (unpaired) electrons. The Morgan fingerprint density at radius 3 is 2.67 bits per heavy atom. The molecule has 0 saturated carbocycles. The molecule has 2 rings (SSSR count). The van der Waals surface area contributed by atoms with E-state index in [4.69, 9.17) is 9.15 Å². The first-order valence-corrected chi connectivity index (χ1v) is 5.95. The van der Waals surface area contributed by atoms with E-state index >= 15 is 0 Å². The zero-order valence-electron chi connectivity index (χ0n) is 10.3. The predicted octanol–water partition coefficient (Wildman–Crippen LogP) is 3.15. The van der Waals surface area contributed by atoms with Gasteiger partial charge in [-0.3, -0.25) is 0 Å². The second-order valence-corrected chi connectivity index (χ2v) is 4.04. The summed E-state index contributed by atoms with van der Waals surface area (Å²) in [6, 6.07) is 13.7. The highest BCUT2D eigenvalue weighted by Gasteiger charge is 2.16. The van der Waals surface area contributed by atoms with E-state index in [1.54, 1.807) is 7.11 Å². The molecule has 1 atom stereocenters. The summed E-state index contributed by atoms with van der Waals surface area (Å²) in [4.78, 5) is 10.3.